The number of nitrogens with one attached hydrogen (secondary N) is 1. The number of nitrogens with zero attached hydrogens (tertiary/aromatic N) is 3. The Kier molecular flexibility index (Phi) is 6.16. The molecule has 1 fully saturated rings. The van der Waals surface area contributed by atoms with Crippen LogP contribution in [0.25, 0.3) is 0 Å². The van der Waals surface area contributed by atoms with Gasteiger partial charge in [-0.25, -0.2) is 9.78 Å². The van der Waals surface area contributed by atoms with E-state index in [1.807, 2.05) is 36.4 Å². The summed E-state index contributed by atoms with van der Waals surface area (Å²) in [5, 5.41) is 3.60. The molecule has 1 aliphatic heterocycles. The number of piperidine rings is 1. The lowest BCUT2D eigenvalue weighted by molar-refractivity contribution is 0.179. The number of halogens is 1. The second-order valence-corrected chi connectivity index (χ2v) is 7.06. The van der Waals surface area contributed by atoms with Crippen LogP contribution in [-0.2, 0) is 11.3 Å². The maximum Gasteiger partial charge on any atom is 0.321 e. The monoisotopic (exact) mass is 376 g/mol. The average molecular weight is 377 g/mol. The quantitative estimate of drug-likeness (QED) is 0.860. The van der Waals surface area contributed by atoms with E-state index < -0.39 is 0 Å². The van der Waals surface area contributed by atoms with Gasteiger partial charge in [-0.05, 0) is 37.5 Å². The van der Waals surface area contributed by atoms with Gasteiger partial charge in [0.1, 0.15) is 5.82 Å². The minimum absolute atomic E-state index is 0.0929. The lowest BCUT2D eigenvalue weighted by Gasteiger charge is -2.32. The third-order valence-corrected chi connectivity index (χ3v) is 5.19. The van der Waals surface area contributed by atoms with Crippen LogP contribution >= 0.6 is 11.6 Å². The molecule has 0 radical (unpaired) electrons. The predicted molar refractivity (Wildman–Crippen MR) is 103 cm³/mol. The average Bonchev–Trinajstić information content (AvgIpc) is 3.11. The largest absolute Gasteiger partial charge is 0.383 e. The van der Waals surface area contributed by atoms with E-state index in [-0.39, 0.29) is 11.9 Å². The topological polar surface area (TPSA) is 59.4 Å². The zero-order chi connectivity index (χ0) is 18.5. The van der Waals surface area contributed by atoms with Gasteiger partial charge in [0.15, 0.2) is 0 Å². The van der Waals surface area contributed by atoms with Crippen LogP contribution < -0.4 is 5.32 Å². The van der Waals surface area contributed by atoms with E-state index in [2.05, 4.69) is 14.9 Å². The van der Waals surface area contributed by atoms with Gasteiger partial charge in [-0.1, -0.05) is 17.7 Å². The number of urea groups is 1. The number of aryl methyl sites for hydroxylation is 1. The van der Waals surface area contributed by atoms with Crippen molar-refractivity contribution in [2.75, 3.05) is 32.1 Å². The highest BCUT2D eigenvalue weighted by atomic mass is 35.5. The molecule has 0 saturated carbocycles. The fourth-order valence-corrected chi connectivity index (χ4v) is 3.49. The van der Waals surface area contributed by atoms with Crippen molar-refractivity contribution in [1.82, 2.24) is 14.5 Å². The number of aromatic nitrogens is 2. The molecule has 140 valence electrons. The van der Waals surface area contributed by atoms with Gasteiger partial charge in [0.2, 0.25) is 0 Å². The van der Waals surface area contributed by atoms with Gasteiger partial charge in [0, 0.05) is 55.8 Å². The van der Waals surface area contributed by atoms with Crippen LogP contribution in [0.15, 0.2) is 30.6 Å². The lowest BCUT2D eigenvalue weighted by Crippen LogP contribution is -2.42. The number of carbonyl (C=O) groups is 1. The van der Waals surface area contributed by atoms with Gasteiger partial charge in [-0.15, -0.1) is 0 Å². The summed E-state index contributed by atoms with van der Waals surface area (Å²) < 4.78 is 7.29. The molecular formula is C19H25ClN4O2. The first-order valence-corrected chi connectivity index (χ1v) is 9.28. The summed E-state index contributed by atoms with van der Waals surface area (Å²) in [5.41, 5.74) is 1.71. The molecule has 0 unspecified atom stereocenters. The molecule has 6 nitrogen and oxygen atoms in total. The van der Waals surface area contributed by atoms with E-state index in [4.69, 9.17) is 16.3 Å². The Hall–Kier alpha value is -2.05. The van der Waals surface area contributed by atoms with Crippen LogP contribution in [0.5, 0.6) is 0 Å². The van der Waals surface area contributed by atoms with E-state index >= 15 is 0 Å². The molecule has 1 aromatic heterocycles. The summed E-state index contributed by atoms with van der Waals surface area (Å²) in [5.74, 6) is 1.26. The van der Waals surface area contributed by atoms with Gasteiger partial charge in [0.25, 0.3) is 0 Å². The van der Waals surface area contributed by atoms with Crippen LogP contribution in [0.2, 0.25) is 5.02 Å². The van der Waals surface area contributed by atoms with Crippen molar-refractivity contribution in [2.24, 2.45) is 0 Å². The number of amides is 2. The molecule has 0 spiro atoms. The number of ether oxygens (including phenoxy) is 1. The van der Waals surface area contributed by atoms with E-state index in [1.165, 1.54) is 0 Å². The number of imidazole rings is 1. The first kappa shape index (κ1) is 18.7. The molecule has 1 aliphatic rings. The van der Waals surface area contributed by atoms with E-state index in [0.29, 0.717) is 23.9 Å². The standard InChI is InChI=1S/C19H25ClN4O2/c1-14-5-6-16(12-17(14)20)22-19(25)24-8-3-4-15(13-24)18-21-7-9-23(18)10-11-26-2/h5-7,9,12,15H,3-4,8,10-11,13H2,1-2H3,(H,22,25)/t15-/m1/s1. The molecular weight excluding hydrogens is 352 g/mol. The number of hydrogen-bond donors (Lipinski definition) is 1. The van der Waals surface area contributed by atoms with Gasteiger partial charge >= 0.3 is 6.03 Å². The number of rotatable bonds is 5. The number of hydrogen-bond acceptors (Lipinski definition) is 3. The number of benzene rings is 1. The molecule has 1 N–H and O–H groups in total. The summed E-state index contributed by atoms with van der Waals surface area (Å²) >= 11 is 6.15. The molecule has 0 bridgehead atoms. The zero-order valence-electron chi connectivity index (χ0n) is 15.2. The molecule has 7 heteroatoms. The van der Waals surface area contributed by atoms with Crippen molar-refractivity contribution in [1.29, 1.82) is 0 Å². The second-order valence-electron chi connectivity index (χ2n) is 6.65. The summed E-state index contributed by atoms with van der Waals surface area (Å²) in [6.45, 7) is 4.77. The van der Waals surface area contributed by atoms with Crippen LogP contribution in [-0.4, -0.2) is 47.3 Å². The highest BCUT2D eigenvalue weighted by molar-refractivity contribution is 6.31. The zero-order valence-corrected chi connectivity index (χ0v) is 16.0. The van der Waals surface area contributed by atoms with Crippen LogP contribution in [0.1, 0.15) is 30.1 Å². The van der Waals surface area contributed by atoms with Crippen molar-refractivity contribution in [3.63, 3.8) is 0 Å². The van der Waals surface area contributed by atoms with Crippen LogP contribution in [0, 0.1) is 6.92 Å². The fourth-order valence-electron chi connectivity index (χ4n) is 3.30. The lowest BCUT2D eigenvalue weighted by atomic mass is 9.97. The Morgan fingerprint density at radius 3 is 3.08 bits per heavy atom. The Balaban J connectivity index is 1.65. The Bertz CT molecular complexity index is 762. The van der Waals surface area contributed by atoms with E-state index in [9.17, 15) is 4.79 Å². The van der Waals surface area contributed by atoms with Crippen molar-refractivity contribution < 1.29 is 9.53 Å². The summed E-state index contributed by atoms with van der Waals surface area (Å²) in [4.78, 5) is 19.0. The normalized spacial score (nSPS) is 17.3. The molecule has 26 heavy (non-hydrogen) atoms. The molecule has 3 rings (SSSR count). The molecule has 2 heterocycles. The van der Waals surface area contributed by atoms with Crippen molar-refractivity contribution >= 4 is 23.3 Å². The number of anilines is 1. The minimum atomic E-state index is -0.0929. The SMILES string of the molecule is COCCn1ccnc1[C@@H]1CCCN(C(=O)Nc2ccc(C)c(Cl)c2)C1. The third kappa shape index (κ3) is 4.37. The maximum atomic E-state index is 12.7. The maximum absolute atomic E-state index is 12.7. The predicted octanol–water partition coefficient (Wildman–Crippen LogP) is 3.90. The minimum Gasteiger partial charge on any atom is -0.383 e. The Morgan fingerprint density at radius 1 is 1.46 bits per heavy atom. The highest BCUT2D eigenvalue weighted by Crippen LogP contribution is 2.27. The van der Waals surface area contributed by atoms with Crippen molar-refractivity contribution in [3.8, 4) is 0 Å². The van der Waals surface area contributed by atoms with Gasteiger partial charge in [0.05, 0.1) is 6.61 Å². The van der Waals surface area contributed by atoms with E-state index in [1.54, 1.807) is 13.2 Å². The Labute approximate surface area is 159 Å². The van der Waals surface area contributed by atoms with Gasteiger partial charge in [-0.2, -0.15) is 0 Å². The second kappa shape index (κ2) is 8.56. The molecule has 2 amide bonds. The molecule has 0 aliphatic carbocycles. The summed E-state index contributed by atoms with van der Waals surface area (Å²) in [6, 6.07) is 5.47. The number of carbonyl (C=O) groups excluding carboxylic acids is 1. The molecule has 1 saturated heterocycles. The first-order chi connectivity index (χ1) is 12.6. The van der Waals surface area contributed by atoms with Crippen molar-refractivity contribution in [3.05, 3.63) is 47.0 Å². The first-order valence-electron chi connectivity index (χ1n) is 8.90. The third-order valence-electron chi connectivity index (χ3n) is 4.78. The summed E-state index contributed by atoms with van der Waals surface area (Å²) in [6.07, 6.45) is 5.79. The smallest absolute Gasteiger partial charge is 0.321 e. The molecule has 2 aromatic rings. The van der Waals surface area contributed by atoms with Gasteiger partial charge < -0.3 is 19.5 Å². The van der Waals surface area contributed by atoms with Crippen molar-refractivity contribution in [2.45, 2.75) is 32.2 Å². The van der Waals surface area contributed by atoms with E-state index in [0.717, 1.165) is 37.3 Å². The molecule has 1 atom stereocenters. The number of likely N-dealkylation sites (tertiary alicyclic amines) is 1. The Morgan fingerprint density at radius 2 is 2.31 bits per heavy atom. The van der Waals surface area contributed by atoms with Gasteiger partial charge in [-0.3, -0.25) is 0 Å². The fraction of sp³-hybridized carbons (Fsp3) is 0.474. The summed E-state index contributed by atoms with van der Waals surface area (Å²) in [7, 11) is 1.70. The number of methoxy groups -OCH3 is 1. The molecule has 1 aromatic carbocycles. The van der Waals surface area contributed by atoms with Crippen LogP contribution in [0.3, 0.4) is 0 Å². The highest BCUT2D eigenvalue weighted by Gasteiger charge is 2.27. The van der Waals surface area contributed by atoms with Crippen LogP contribution in [0.4, 0.5) is 10.5 Å².